The molecular weight excluding hydrogens is 282 g/mol. The number of hydrogen-bond acceptors (Lipinski definition) is 4. The molecule has 0 spiro atoms. The van der Waals surface area contributed by atoms with Gasteiger partial charge in [-0.3, -0.25) is 14.9 Å². The van der Waals surface area contributed by atoms with Crippen molar-refractivity contribution >= 4 is 17.5 Å². The molecule has 1 heterocycles. The molecule has 0 radical (unpaired) electrons. The van der Waals surface area contributed by atoms with Crippen molar-refractivity contribution in [2.24, 2.45) is 0 Å². The zero-order chi connectivity index (χ0) is 16.3. The highest BCUT2D eigenvalue weighted by atomic mass is 16.6. The molecule has 0 atom stereocenters. The molecule has 5 heteroatoms. The van der Waals surface area contributed by atoms with Gasteiger partial charge in [0.25, 0.3) is 5.69 Å². The van der Waals surface area contributed by atoms with E-state index in [-0.39, 0.29) is 23.1 Å². The van der Waals surface area contributed by atoms with Gasteiger partial charge in [-0.15, -0.1) is 0 Å². The van der Waals surface area contributed by atoms with Crippen molar-refractivity contribution in [1.82, 2.24) is 0 Å². The number of aryl methyl sites for hydroxylation is 1. The summed E-state index contributed by atoms with van der Waals surface area (Å²) in [7, 11) is 0. The van der Waals surface area contributed by atoms with Crippen LogP contribution in [0.25, 0.3) is 6.08 Å². The number of hydrogen-bond donors (Lipinski definition) is 0. The Hall–Kier alpha value is -2.69. The van der Waals surface area contributed by atoms with Crippen LogP contribution in [-0.2, 0) is 0 Å². The van der Waals surface area contributed by atoms with Crippen LogP contribution in [0.1, 0.15) is 47.2 Å². The molecule has 0 saturated carbocycles. The molecular formula is C17H17NO4. The Morgan fingerprint density at radius 1 is 1.27 bits per heavy atom. The minimum Gasteiger partial charge on any atom is -0.458 e. The Labute approximate surface area is 128 Å². The molecule has 1 aromatic carbocycles. The fraction of sp³-hybridized carbons (Fsp3) is 0.235. The van der Waals surface area contributed by atoms with E-state index in [1.165, 1.54) is 12.1 Å². The zero-order valence-corrected chi connectivity index (χ0v) is 12.7. The third-order valence-corrected chi connectivity index (χ3v) is 3.28. The van der Waals surface area contributed by atoms with Crippen molar-refractivity contribution in [1.29, 1.82) is 0 Å². The van der Waals surface area contributed by atoms with E-state index in [0.29, 0.717) is 16.9 Å². The summed E-state index contributed by atoms with van der Waals surface area (Å²) in [6, 6.07) is 8.28. The van der Waals surface area contributed by atoms with Crippen molar-refractivity contribution in [2.45, 2.75) is 26.7 Å². The first kappa shape index (κ1) is 15.7. The molecule has 2 rings (SSSR count). The Bertz CT molecular complexity index is 741. The lowest BCUT2D eigenvalue weighted by molar-refractivity contribution is -0.385. The van der Waals surface area contributed by atoms with Gasteiger partial charge in [-0.25, -0.2) is 0 Å². The maximum absolute atomic E-state index is 11.9. The van der Waals surface area contributed by atoms with E-state index in [9.17, 15) is 14.9 Å². The van der Waals surface area contributed by atoms with Gasteiger partial charge in [0.05, 0.1) is 4.92 Å². The summed E-state index contributed by atoms with van der Waals surface area (Å²) in [5.74, 6) is 0.700. The predicted molar refractivity (Wildman–Crippen MR) is 84.0 cm³/mol. The van der Waals surface area contributed by atoms with Crippen LogP contribution >= 0.6 is 0 Å². The summed E-state index contributed by atoms with van der Waals surface area (Å²) in [5.41, 5.74) is 1.35. The van der Waals surface area contributed by atoms with E-state index in [0.717, 1.165) is 0 Å². The van der Waals surface area contributed by atoms with Crippen LogP contribution in [0.4, 0.5) is 5.69 Å². The lowest BCUT2D eigenvalue weighted by Gasteiger charge is -2.06. The van der Waals surface area contributed by atoms with Gasteiger partial charge in [-0.1, -0.05) is 32.1 Å². The second kappa shape index (κ2) is 6.39. The summed E-state index contributed by atoms with van der Waals surface area (Å²) in [6.07, 6.45) is 2.91. The molecule has 2 aromatic rings. The number of nitrogens with zero attached hydrogens (tertiary/aromatic N) is 1. The molecule has 5 nitrogen and oxygen atoms in total. The maximum atomic E-state index is 11.9. The largest absolute Gasteiger partial charge is 0.458 e. The summed E-state index contributed by atoms with van der Waals surface area (Å²) in [4.78, 5) is 22.7. The molecule has 0 unspecified atom stereocenters. The third-order valence-electron chi connectivity index (χ3n) is 3.28. The molecule has 0 N–H and O–H groups in total. The molecule has 0 fully saturated rings. The van der Waals surface area contributed by atoms with E-state index >= 15 is 0 Å². The molecule has 22 heavy (non-hydrogen) atoms. The topological polar surface area (TPSA) is 73.3 Å². The first-order chi connectivity index (χ1) is 10.4. The van der Waals surface area contributed by atoms with Crippen LogP contribution in [-0.4, -0.2) is 10.7 Å². The highest BCUT2D eigenvalue weighted by Crippen LogP contribution is 2.27. The standard InChI is InChI=1S/C17H17NO4/c1-11(2)14-7-5-13(10-15(14)18(20)21)6-8-16(19)17-9-4-12(3)22-17/h4-11H,1-3H3/b8-6+. The highest BCUT2D eigenvalue weighted by molar-refractivity contribution is 6.04. The Kier molecular flexibility index (Phi) is 4.56. The fourth-order valence-corrected chi connectivity index (χ4v) is 2.13. The van der Waals surface area contributed by atoms with Gasteiger partial charge < -0.3 is 4.42 Å². The number of allylic oxidation sites excluding steroid dienone is 1. The van der Waals surface area contributed by atoms with Gasteiger partial charge in [0.1, 0.15) is 5.76 Å². The minimum atomic E-state index is -0.398. The molecule has 0 saturated heterocycles. The van der Waals surface area contributed by atoms with Gasteiger partial charge in [0, 0.05) is 11.6 Å². The number of furan rings is 1. The lowest BCUT2D eigenvalue weighted by atomic mass is 9.99. The van der Waals surface area contributed by atoms with Crippen LogP contribution in [0.15, 0.2) is 40.8 Å². The van der Waals surface area contributed by atoms with Crippen molar-refractivity contribution in [3.05, 3.63) is 69.2 Å². The number of carbonyl (C=O) groups excluding carboxylic acids is 1. The number of nitro groups is 1. The molecule has 0 bridgehead atoms. The second-order valence-electron chi connectivity index (χ2n) is 5.34. The van der Waals surface area contributed by atoms with Crippen LogP contribution in [0.3, 0.4) is 0 Å². The van der Waals surface area contributed by atoms with E-state index in [1.807, 2.05) is 13.8 Å². The predicted octanol–water partition coefficient (Wildman–Crippen LogP) is 4.52. The van der Waals surface area contributed by atoms with Gasteiger partial charge in [-0.2, -0.15) is 0 Å². The smallest absolute Gasteiger partial charge is 0.273 e. The van der Waals surface area contributed by atoms with Crippen molar-refractivity contribution < 1.29 is 14.1 Å². The molecule has 1 aromatic heterocycles. The van der Waals surface area contributed by atoms with Crippen LogP contribution < -0.4 is 0 Å². The Balaban J connectivity index is 2.26. The number of ketones is 1. The molecule has 0 aliphatic carbocycles. The summed E-state index contributed by atoms with van der Waals surface area (Å²) in [5, 5.41) is 11.1. The molecule has 0 aliphatic rings. The highest BCUT2D eigenvalue weighted by Gasteiger charge is 2.16. The van der Waals surface area contributed by atoms with Gasteiger partial charge >= 0.3 is 0 Å². The average Bonchev–Trinajstić information content (AvgIpc) is 2.91. The monoisotopic (exact) mass is 299 g/mol. The van der Waals surface area contributed by atoms with Gasteiger partial charge in [-0.05, 0) is 36.6 Å². The molecule has 0 amide bonds. The summed E-state index contributed by atoms with van der Waals surface area (Å²) < 4.78 is 5.24. The molecule has 114 valence electrons. The first-order valence-electron chi connectivity index (χ1n) is 6.95. The maximum Gasteiger partial charge on any atom is 0.273 e. The average molecular weight is 299 g/mol. The minimum absolute atomic E-state index is 0.0613. The fourth-order valence-electron chi connectivity index (χ4n) is 2.13. The second-order valence-corrected chi connectivity index (χ2v) is 5.34. The molecule has 0 aliphatic heterocycles. The van der Waals surface area contributed by atoms with E-state index in [4.69, 9.17) is 4.42 Å². The van der Waals surface area contributed by atoms with E-state index in [2.05, 4.69) is 0 Å². The number of benzene rings is 1. The van der Waals surface area contributed by atoms with Crippen molar-refractivity contribution in [3.8, 4) is 0 Å². The normalized spacial score (nSPS) is 11.3. The first-order valence-corrected chi connectivity index (χ1v) is 6.95. The van der Waals surface area contributed by atoms with Crippen molar-refractivity contribution in [2.75, 3.05) is 0 Å². The lowest BCUT2D eigenvalue weighted by Crippen LogP contribution is -1.98. The SMILES string of the molecule is Cc1ccc(C(=O)/C=C/c2ccc(C(C)C)c([N+](=O)[O-])c2)o1. The third kappa shape index (κ3) is 3.49. The van der Waals surface area contributed by atoms with Crippen LogP contribution in [0, 0.1) is 17.0 Å². The van der Waals surface area contributed by atoms with Crippen LogP contribution in [0.2, 0.25) is 0 Å². The van der Waals surface area contributed by atoms with E-state index < -0.39 is 4.92 Å². The Morgan fingerprint density at radius 3 is 2.55 bits per heavy atom. The van der Waals surface area contributed by atoms with Gasteiger partial charge in [0.15, 0.2) is 5.76 Å². The zero-order valence-electron chi connectivity index (χ0n) is 12.7. The number of carbonyl (C=O) groups is 1. The number of rotatable bonds is 5. The number of nitro benzene ring substituents is 1. The van der Waals surface area contributed by atoms with Crippen LogP contribution in [0.5, 0.6) is 0 Å². The van der Waals surface area contributed by atoms with E-state index in [1.54, 1.807) is 37.3 Å². The Morgan fingerprint density at radius 2 is 2.00 bits per heavy atom. The quantitative estimate of drug-likeness (QED) is 0.352. The van der Waals surface area contributed by atoms with Gasteiger partial charge in [0.2, 0.25) is 5.78 Å². The van der Waals surface area contributed by atoms with Crippen molar-refractivity contribution in [3.63, 3.8) is 0 Å². The summed E-state index contributed by atoms with van der Waals surface area (Å²) >= 11 is 0. The summed E-state index contributed by atoms with van der Waals surface area (Å²) in [6.45, 7) is 5.57.